The van der Waals surface area contributed by atoms with Gasteiger partial charge in [-0.2, -0.15) is 0 Å². The number of phenolic OH excluding ortho intramolecular Hbond substituents is 2. The first kappa shape index (κ1) is 30.5. The number of carbonyl (C=O) groups is 4. The van der Waals surface area contributed by atoms with Crippen LogP contribution in [0.5, 0.6) is 11.5 Å². The van der Waals surface area contributed by atoms with E-state index in [9.17, 15) is 29.4 Å². The Labute approximate surface area is 241 Å². The summed E-state index contributed by atoms with van der Waals surface area (Å²) in [5, 5.41) is 36.2. The van der Waals surface area contributed by atoms with E-state index in [4.69, 9.17) is 10.2 Å². The molecule has 0 amide bonds. The maximum Gasteiger partial charge on any atom is 0.336 e. The van der Waals surface area contributed by atoms with Gasteiger partial charge in [0, 0.05) is 22.3 Å². The smallest absolute Gasteiger partial charge is 0.336 e. The van der Waals surface area contributed by atoms with E-state index in [0.29, 0.717) is 11.5 Å². The molecule has 210 valence electrons. The number of carboxylic acids is 2. The monoisotopic (exact) mass is 562 g/mol. The summed E-state index contributed by atoms with van der Waals surface area (Å²) in [7, 11) is 0. The predicted molar refractivity (Wildman–Crippen MR) is 156 cm³/mol. The van der Waals surface area contributed by atoms with Gasteiger partial charge in [-0.05, 0) is 36.4 Å². The van der Waals surface area contributed by atoms with Crippen molar-refractivity contribution in [2.75, 3.05) is 0 Å². The van der Waals surface area contributed by atoms with Crippen LogP contribution >= 0.6 is 0 Å². The van der Waals surface area contributed by atoms with E-state index in [-0.39, 0.29) is 22.3 Å². The average Bonchev–Trinajstić information content (AvgIpc) is 3.02. The molecule has 5 rings (SSSR count). The molecule has 0 saturated carbocycles. The highest BCUT2D eigenvalue weighted by atomic mass is 16.4. The van der Waals surface area contributed by atoms with Crippen molar-refractivity contribution in [1.29, 1.82) is 0 Å². The van der Waals surface area contributed by atoms with Gasteiger partial charge in [0.2, 0.25) is 0 Å². The van der Waals surface area contributed by atoms with Gasteiger partial charge in [-0.15, -0.1) is 0 Å². The van der Waals surface area contributed by atoms with Gasteiger partial charge in [-0.1, -0.05) is 97.1 Å². The second-order valence-electron chi connectivity index (χ2n) is 8.62. The molecule has 0 bridgehead atoms. The molecule has 0 aliphatic heterocycles. The van der Waals surface area contributed by atoms with Crippen LogP contribution in [0.1, 0.15) is 52.6 Å². The van der Waals surface area contributed by atoms with Gasteiger partial charge in [0.05, 0.1) is 11.1 Å². The lowest BCUT2D eigenvalue weighted by Gasteiger charge is -2.12. The number of aromatic hydroxyl groups is 2. The zero-order valence-corrected chi connectivity index (χ0v) is 22.1. The van der Waals surface area contributed by atoms with Crippen LogP contribution in [0.15, 0.2) is 133 Å². The van der Waals surface area contributed by atoms with E-state index < -0.39 is 34.6 Å². The first-order valence-electron chi connectivity index (χ1n) is 12.5. The standard InChI is InChI=1S/C22H14O6.2C6H6O/c23-19(13-7-3-1-4-8-13)15-11-16(20(24)14-9-5-2-6-10-14)18(22(27)28)12-17(15)21(25)26;2*7-6-4-2-1-3-5-6/h1-12H,(H,25,26)(H,27,28);2*1-5,7H. The van der Waals surface area contributed by atoms with E-state index in [0.717, 1.165) is 12.1 Å². The Kier molecular flexibility index (Phi) is 10.9. The second kappa shape index (κ2) is 14.9. The van der Waals surface area contributed by atoms with E-state index in [2.05, 4.69) is 0 Å². The number of para-hydroxylation sites is 2. The van der Waals surface area contributed by atoms with Gasteiger partial charge in [0.25, 0.3) is 0 Å². The number of benzene rings is 5. The molecule has 0 aliphatic carbocycles. The maximum absolute atomic E-state index is 12.8. The molecule has 0 unspecified atom stereocenters. The summed E-state index contributed by atoms with van der Waals surface area (Å²) < 4.78 is 0. The van der Waals surface area contributed by atoms with Crippen molar-refractivity contribution >= 4 is 23.5 Å². The minimum atomic E-state index is -1.46. The first-order valence-corrected chi connectivity index (χ1v) is 12.5. The Morgan fingerprint density at radius 1 is 0.381 bits per heavy atom. The molecule has 0 spiro atoms. The number of carbonyl (C=O) groups excluding carboxylic acids is 2. The molecule has 5 aromatic rings. The SMILES string of the molecule is O=C(O)c1cc(C(=O)O)c(C(=O)c2ccccc2)cc1C(=O)c1ccccc1.Oc1ccccc1.Oc1ccccc1. The lowest BCUT2D eigenvalue weighted by molar-refractivity contribution is 0.0690. The molecule has 5 aromatic carbocycles. The second-order valence-corrected chi connectivity index (χ2v) is 8.62. The summed E-state index contributed by atoms with van der Waals surface area (Å²) in [4.78, 5) is 49.0. The minimum absolute atomic E-state index is 0.228. The van der Waals surface area contributed by atoms with Crippen molar-refractivity contribution < 1.29 is 39.6 Å². The Morgan fingerprint density at radius 2 is 0.643 bits per heavy atom. The quantitative estimate of drug-likeness (QED) is 0.175. The summed E-state index contributed by atoms with van der Waals surface area (Å²) in [5.41, 5.74) is -0.991. The van der Waals surface area contributed by atoms with E-state index in [1.54, 1.807) is 84.9 Å². The van der Waals surface area contributed by atoms with Crippen LogP contribution in [0.25, 0.3) is 0 Å². The topological polar surface area (TPSA) is 149 Å². The molecule has 0 fully saturated rings. The fraction of sp³-hybridized carbons (Fsp3) is 0. The highest BCUT2D eigenvalue weighted by Gasteiger charge is 2.26. The van der Waals surface area contributed by atoms with Gasteiger partial charge in [-0.3, -0.25) is 9.59 Å². The highest BCUT2D eigenvalue weighted by molar-refractivity contribution is 6.19. The number of hydrogen-bond acceptors (Lipinski definition) is 6. The lowest BCUT2D eigenvalue weighted by atomic mass is 9.90. The zero-order chi connectivity index (χ0) is 30.5. The summed E-state index contributed by atoms with van der Waals surface area (Å²) in [6, 6.07) is 35.3. The third-order valence-electron chi connectivity index (χ3n) is 5.69. The Hall–Kier alpha value is -6.02. The third kappa shape index (κ3) is 8.49. The van der Waals surface area contributed by atoms with Gasteiger partial charge >= 0.3 is 11.9 Å². The van der Waals surface area contributed by atoms with Crippen molar-refractivity contribution in [3.63, 3.8) is 0 Å². The molecule has 0 atom stereocenters. The lowest BCUT2D eigenvalue weighted by Crippen LogP contribution is -2.17. The number of ketones is 2. The minimum Gasteiger partial charge on any atom is -0.508 e. The summed E-state index contributed by atoms with van der Waals surface area (Å²) in [6.45, 7) is 0. The fourth-order valence-electron chi connectivity index (χ4n) is 3.68. The number of phenols is 2. The molecule has 0 saturated heterocycles. The van der Waals surface area contributed by atoms with Crippen LogP contribution < -0.4 is 0 Å². The Bertz CT molecular complexity index is 1530. The Morgan fingerprint density at radius 3 is 0.881 bits per heavy atom. The largest absolute Gasteiger partial charge is 0.508 e. The van der Waals surface area contributed by atoms with Crippen LogP contribution in [0, 0.1) is 0 Å². The van der Waals surface area contributed by atoms with Crippen molar-refractivity contribution in [1.82, 2.24) is 0 Å². The third-order valence-corrected chi connectivity index (χ3v) is 5.69. The van der Waals surface area contributed by atoms with Crippen molar-refractivity contribution in [3.8, 4) is 11.5 Å². The van der Waals surface area contributed by atoms with Crippen molar-refractivity contribution in [2.45, 2.75) is 0 Å². The fourth-order valence-corrected chi connectivity index (χ4v) is 3.68. The Balaban J connectivity index is 0.000000280. The zero-order valence-electron chi connectivity index (χ0n) is 22.1. The number of rotatable bonds is 6. The molecular formula is C34H26O8. The first-order chi connectivity index (χ1) is 20.2. The summed E-state index contributed by atoms with van der Waals surface area (Å²) in [5.74, 6) is -3.50. The van der Waals surface area contributed by atoms with Crippen molar-refractivity contribution in [3.05, 3.63) is 167 Å². The van der Waals surface area contributed by atoms with E-state index >= 15 is 0 Å². The summed E-state index contributed by atoms with van der Waals surface area (Å²) in [6.07, 6.45) is 0. The average molecular weight is 563 g/mol. The van der Waals surface area contributed by atoms with Gasteiger partial charge in [0.1, 0.15) is 11.5 Å². The van der Waals surface area contributed by atoms with Gasteiger partial charge in [0.15, 0.2) is 11.6 Å². The summed E-state index contributed by atoms with van der Waals surface area (Å²) >= 11 is 0. The molecule has 42 heavy (non-hydrogen) atoms. The van der Waals surface area contributed by atoms with Crippen LogP contribution in [0.4, 0.5) is 0 Å². The van der Waals surface area contributed by atoms with Gasteiger partial charge < -0.3 is 20.4 Å². The molecule has 0 radical (unpaired) electrons. The van der Waals surface area contributed by atoms with Crippen LogP contribution in [0.2, 0.25) is 0 Å². The van der Waals surface area contributed by atoms with E-state index in [1.165, 1.54) is 24.3 Å². The number of carboxylic acid groups (broad SMARTS) is 2. The molecule has 8 heteroatoms. The molecule has 0 heterocycles. The molecule has 4 N–H and O–H groups in total. The normalized spacial score (nSPS) is 9.71. The predicted octanol–water partition coefficient (Wildman–Crippen LogP) is 6.33. The van der Waals surface area contributed by atoms with Crippen molar-refractivity contribution in [2.24, 2.45) is 0 Å². The van der Waals surface area contributed by atoms with Crippen LogP contribution in [-0.4, -0.2) is 43.9 Å². The number of aromatic carboxylic acids is 2. The van der Waals surface area contributed by atoms with Gasteiger partial charge in [-0.25, -0.2) is 9.59 Å². The molecule has 0 aromatic heterocycles. The number of hydrogen-bond donors (Lipinski definition) is 4. The molecular weight excluding hydrogens is 536 g/mol. The molecule has 0 aliphatic rings. The van der Waals surface area contributed by atoms with Crippen LogP contribution in [0.3, 0.4) is 0 Å². The van der Waals surface area contributed by atoms with Crippen LogP contribution in [-0.2, 0) is 0 Å². The maximum atomic E-state index is 12.8. The van der Waals surface area contributed by atoms with E-state index in [1.807, 2.05) is 12.1 Å². The highest BCUT2D eigenvalue weighted by Crippen LogP contribution is 2.23. The molecule has 8 nitrogen and oxygen atoms in total.